The number of piperidine rings is 1. The van der Waals surface area contributed by atoms with Gasteiger partial charge in [0.2, 0.25) is 0 Å². The second-order valence-corrected chi connectivity index (χ2v) is 8.82. The number of alkyl halides is 3. The Morgan fingerprint density at radius 1 is 1.09 bits per heavy atom. The van der Waals surface area contributed by atoms with E-state index in [9.17, 15) is 18.0 Å². The minimum absolute atomic E-state index is 0.159. The number of benzene rings is 2. The minimum atomic E-state index is -4.78. The van der Waals surface area contributed by atoms with Crippen molar-refractivity contribution in [1.29, 1.82) is 0 Å². The highest BCUT2D eigenvalue weighted by Crippen LogP contribution is 2.51. The number of hydrogen-bond acceptors (Lipinski definition) is 4. The van der Waals surface area contributed by atoms with E-state index in [0.717, 1.165) is 50.9 Å². The highest BCUT2D eigenvalue weighted by atomic mass is 19.4. The van der Waals surface area contributed by atoms with Crippen molar-refractivity contribution in [3.8, 4) is 11.5 Å². The predicted molar refractivity (Wildman–Crippen MR) is 118 cm³/mol. The number of nitrogens with zero attached hydrogens (tertiary/aromatic N) is 1. The van der Waals surface area contributed by atoms with Crippen LogP contribution < -0.4 is 14.8 Å². The van der Waals surface area contributed by atoms with Crippen LogP contribution in [0.25, 0.3) is 0 Å². The number of hydrogen-bond donors (Lipinski definition) is 1. The summed E-state index contributed by atoms with van der Waals surface area (Å²) in [5, 5.41) is 2.86. The third kappa shape index (κ3) is 6.41. The van der Waals surface area contributed by atoms with Crippen molar-refractivity contribution in [2.75, 3.05) is 26.2 Å². The van der Waals surface area contributed by atoms with Gasteiger partial charge in [0.1, 0.15) is 11.5 Å². The van der Waals surface area contributed by atoms with Crippen molar-refractivity contribution < 1.29 is 27.4 Å². The van der Waals surface area contributed by atoms with E-state index in [0.29, 0.717) is 24.3 Å². The van der Waals surface area contributed by atoms with Crippen LogP contribution in [0, 0.1) is 17.8 Å². The average molecular weight is 463 g/mol. The molecule has 0 radical (unpaired) electrons. The number of nitrogens with one attached hydrogen (secondary N) is 1. The summed E-state index contributed by atoms with van der Waals surface area (Å²) in [5.41, 5.74) is 1.41. The van der Waals surface area contributed by atoms with Gasteiger partial charge in [-0.05, 0) is 60.1 Å². The van der Waals surface area contributed by atoms with Crippen molar-refractivity contribution in [1.82, 2.24) is 10.2 Å². The van der Waals surface area contributed by atoms with Gasteiger partial charge in [-0.25, -0.2) is 0 Å². The Kier molecular flexibility index (Phi) is 7.12. The molecule has 1 saturated heterocycles. The lowest BCUT2D eigenvalue weighted by Crippen LogP contribution is -2.30. The van der Waals surface area contributed by atoms with Crippen molar-refractivity contribution in [3.05, 3.63) is 59.7 Å². The smallest absolute Gasteiger partial charge is 0.494 e. The third-order valence-corrected chi connectivity index (χ3v) is 6.37. The van der Waals surface area contributed by atoms with Crippen LogP contribution in [0.2, 0.25) is 0 Å². The molecule has 2 fully saturated rings. The molecule has 5 nitrogen and oxygen atoms in total. The van der Waals surface area contributed by atoms with Gasteiger partial charge < -0.3 is 14.8 Å². The monoisotopic (exact) mass is 462 g/mol. The Morgan fingerprint density at radius 3 is 2.48 bits per heavy atom. The molecule has 1 saturated carbocycles. The second-order valence-electron chi connectivity index (χ2n) is 8.82. The first-order chi connectivity index (χ1) is 15.8. The summed E-state index contributed by atoms with van der Waals surface area (Å²) in [6.07, 6.45) is -2.61. The van der Waals surface area contributed by atoms with E-state index in [1.165, 1.54) is 23.8 Å². The summed E-state index contributed by atoms with van der Waals surface area (Å²) in [7, 11) is 0. The number of amides is 1. The molecule has 0 spiro atoms. The third-order valence-electron chi connectivity index (χ3n) is 6.37. The van der Waals surface area contributed by atoms with Crippen molar-refractivity contribution in [3.63, 3.8) is 0 Å². The maximum atomic E-state index is 12.4. The highest BCUT2D eigenvalue weighted by Gasteiger charge is 2.55. The van der Waals surface area contributed by atoms with Crippen LogP contribution in [0.5, 0.6) is 11.5 Å². The number of ether oxygens (including phenoxy) is 2. The van der Waals surface area contributed by atoms with E-state index in [2.05, 4.69) is 34.0 Å². The van der Waals surface area contributed by atoms with Gasteiger partial charge in [0.25, 0.3) is 5.91 Å². The topological polar surface area (TPSA) is 50.8 Å². The molecule has 2 aromatic carbocycles. The first-order valence-electron chi connectivity index (χ1n) is 11.4. The second kappa shape index (κ2) is 10.0. The fraction of sp³-hybridized carbons (Fsp3) is 0.480. The van der Waals surface area contributed by atoms with Gasteiger partial charge in [0.05, 0.1) is 6.61 Å². The van der Waals surface area contributed by atoms with Crippen molar-refractivity contribution in [2.45, 2.75) is 32.7 Å². The summed E-state index contributed by atoms with van der Waals surface area (Å²) in [6, 6.07) is 13.4. The van der Waals surface area contributed by atoms with Crippen LogP contribution in [0.15, 0.2) is 48.5 Å². The molecule has 0 bridgehead atoms. The van der Waals surface area contributed by atoms with Gasteiger partial charge in [-0.15, -0.1) is 13.2 Å². The van der Waals surface area contributed by atoms with Crippen LogP contribution in [-0.2, 0) is 6.54 Å². The molecule has 2 aliphatic rings. The average Bonchev–Trinajstić information content (AvgIpc) is 3.23. The van der Waals surface area contributed by atoms with Gasteiger partial charge >= 0.3 is 6.36 Å². The van der Waals surface area contributed by atoms with Crippen molar-refractivity contribution >= 4 is 5.91 Å². The Morgan fingerprint density at radius 2 is 1.82 bits per heavy atom. The van der Waals surface area contributed by atoms with Crippen LogP contribution in [-0.4, -0.2) is 43.4 Å². The minimum Gasteiger partial charge on any atom is -0.494 e. The molecule has 178 valence electrons. The molecule has 1 aliphatic heterocycles. The number of fused-ring (bicyclic) bond motifs is 1. The lowest BCUT2D eigenvalue weighted by atomic mass is 10.1. The Hall–Kier alpha value is -2.74. The number of likely N-dealkylation sites (tertiary alicyclic amines) is 1. The fourth-order valence-corrected chi connectivity index (χ4v) is 4.60. The normalized spacial score (nSPS) is 22.0. The molecular weight excluding hydrogens is 433 g/mol. The number of carbonyl (C=O) groups is 1. The summed E-state index contributed by atoms with van der Waals surface area (Å²) >= 11 is 0. The molecule has 2 aromatic rings. The van der Waals surface area contributed by atoms with E-state index in [1.807, 2.05) is 12.1 Å². The highest BCUT2D eigenvalue weighted by molar-refractivity contribution is 5.94. The van der Waals surface area contributed by atoms with Gasteiger partial charge in [0, 0.05) is 31.7 Å². The van der Waals surface area contributed by atoms with Crippen molar-refractivity contribution in [2.24, 2.45) is 17.8 Å². The lowest BCUT2D eigenvalue weighted by molar-refractivity contribution is -0.274. The fourth-order valence-electron chi connectivity index (χ4n) is 4.60. The Bertz CT molecular complexity index is 937. The SMILES string of the molecule is CCCCOc1ccc(CN2CC3C(CNC(=O)c4cccc(OC(F)(F)F)c4)C3C2)cc1. The molecule has 0 aromatic heterocycles. The lowest BCUT2D eigenvalue weighted by Gasteiger charge is -2.20. The number of carbonyl (C=O) groups excluding carboxylic acids is 1. The molecule has 1 N–H and O–H groups in total. The standard InChI is InChI=1S/C25H29F3N2O3/c1-2-3-11-32-19-9-7-17(8-10-19)14-30-15-22-21(23(22)16-30)13-29-24(31)18-5-4-6-20(12-18)33-25(26,27)28/h4-10,12,21-23H,2-3,11,13-16H2,1H3,(H,29,31). The van der Waals surface area contributed by atoms with E-state index in [-0.39, 0.29) is 11.5 Å². The molecule has 2 atom stereocenters. The van der Waals surface area contributed by atoms with Gasteiger partial charge in [-0.3, -0.25) is 9.69 Å². The molecule has 2 unspecified atom stereocenters. The zero-order chi connectivity index (χ0) is 23.4. The van der Waals surface area contributed by atoms with E-state index < -0.39 is 12.1 Å². The zero-order valence-electron chi connectivity index (χ0n) is 18.6. The molecule has 4 rings (SSSR count). The van der Waals surface area contributed by atoms with E-state index >= 15 is 0 Å². The van der Waals surface area contributed by atoms with Crippen LogP contribution in [0.1, 0.15) is 35.7 Å². The number of halogens is 3. The molecular formula is C25H29F3N2O3. The Balaban J connectivity index is 1.18. The first-order valence-corrected chi connectivity index (χ1v) is 11.4. The maximum absolute atomic E-state index is 12.4. The summed E-state index contributed by atoms with van der Waals surface area (Å²) in [6.45, 7) is 6.31. The van der Waals surface area contributed by atoms with Crippen LogP contribution >= 0.6 is 0 Å². The van der Waals surface area contributed by atoms with Gasteiger partial charge in [0.15, 0.2) is 0 Å². The molecule has 1 aliphatic carbocycles. The number of rotatable bonds is 10. The molecule has 1 amide bonds. The van der Waals surface area contributed by atoms with Crippen LogP contribution in [0.4, 0.5) is 13.2 Å². The zero-order valence-corrected chi connectivity index (χ0v) is 18.6. The first kappa shape index (κ1) is 23.4. The predicted octanol–water partition coefficient (Wildman–Crippen LogP) is 4.87. The maximum Gasteiger partial charge on any atom is 0.573 e. The molecule has 33 heavy (non-hydrogen) atoms. The summed E-state index contributed by atoms with van der Waals surface area (Å²) in [4.78, 5) is 14.8. The largest absolute Gasteiger partial charge is 0.573 e. The summed E-state index contributed by atoms with van der Waals surface area (Å²) in [5.74, 6) is 1.67. The summed E-state index contributed by atoms with van der Waals surface area (Å²) < 4.78 is 46.7. The van der Waals surface area contributed by atoms with Gasteiger partial charge in [-0.2, -0.15) is 0 Å². The molecule has 8 heteroatoms. The molecule has 1 heterocycles. The van der Waals surface area contributed by atoms with E-state index in [1.54, 1.807) is 0 Å². The Labute approximate surface area is 191 Å². The van der Waals surface area contributed by atoms with Gasteiger partial charge in [-0.1, -0.05) is 31.5 Å². The quantitative estimate of drug-likeness (QED) is 0.512. The van der Waals surface area contributed by atoms with Crippen LogP contribution in [0.3, 0.4) is 0 Å². The number of unbranched alkanes of at least 4 members (excludes halogenated alkanes) is 1. The van der Waals surface area contributed by atoms with E-state index in [4.69, 9.17) is 4.74 Å².